The summed E-state index contributed by atoms with van der Waals surface area (Å²) in [5, 5.41) is 9.98. The van der Waals surface area contributed by atoms with Crippen molar-refractivity contribution in [2.24, 2.45) is 23.2 Å². The van der Waals surface area contributed by atoms with E-state index in [1.807, 2.05) is 13.0 Å². The molecule has 4 nitrogen and oxygen atoms in total. The number of carbonyl (C=O) groups is 2. The minimum Gasteiger partial charge on any atom is -0.456 e. The summed E-state index contributed by atoms with van der Waals surface area (Å²) in [5.41, 5.74) is 0.565. The molecule has 0 radical (unpaired) electrons. The Balaban J connectivity index is 1.77. The highest BCUT2D eigenvalue weighted by atomic mass is 16.6. The van der Waals surface area contributed by atoms with E-state index < -0.39 is 5.60 Å². The van der Waals surface area contributed by atoms with E-state index in [0.717, 1.165) is 31.3 Å². The highest BCUT2D eigenvalue weighted by Gasteiger charge is 2.58. The van der Waals surface area contributed by atoms with Crippen LogP contribution in [-0.2, 0) is 14.3 Å². The van der Waals surface area contributed by atoms with Crippen LogP contribution >= 0.6 is 0 Å². The van der Waals surface area contributed by atoms with Gasteiger partial charge in [-0.2, -0.15) is 0 Å². The van der Waals surface area contributed by atoms with E-state index in [9.17, 15) is 14.7 Å². The summed E-state index contributed by atoms with van der Waals surface area (Å²) in [4.78, 5) is 24.5. The lowest BCUT2D eigenvalue weighted by Gasteiger charge is -2.57. The third-order valence-corrected chi connectivity index (χ3v) is 6.90. The highest BCUT2D eigenvalue weighted by molar-refractivity contribution is 5.95. The van der Waals surface area contributed by atoms with E-state index in [-0.39, 0.29) is 41.0 Å². The lowest BCUT2D eigenvalue weighted by atomic mass is 9.49. The second-order valence-electron chi connectivity index (χ2n) is 8.18. The molecule has 0 spiro atoms. The number of aliphatic hydroxyl groups excluding tert-OH is 1. The topological polar surface area (TPSA) is 63.6 Å². The van der Waals surface area contributed by atoms with Crippen LogP contribution in [0.25, 0.3) is 0 Å². The third kappa shape index (κ3) is 2.07. The molecule has 4 heteroatoms. The van der Waals surface area contributed by atoms with Gasteiger partial charge >= 0.3 is 5.97 Å². The molecule has 0 bridgehead atoms. The molecule has 6 atom stereocenters. The predicted molar refractivity (Wildman–Crippen MR) is 84.4 cm³/mol. The van der Waals surface area contributed by atoms with Gasteiger partial charge < -0.3 is 9.84 Å². The average molecular weight is 316 g/mol. The van der Waals surface area contributed by atoms with Gasteiger partial charge in [-0.25, -0.2) is 4.79 Å². The summed E-state index contributed by atoms with van der Waals surface area (Å²) in [6.45, 7) is 4.23. The van der Waals surface area contributed by atoms with Gasteiger partial charge in [0.1, 0.15) is 5.60 Å². The van der Waals surface area contributed by atoms with Gasteiger partial charge in [-0.05, 0) is 56.4 Å². The Morgan fingerprint density at radius 3 is 2.78 bits per heavy atom. The van der Waals surface area contributed by atoms with Crippen LogP contribution in [0.5, 0.6) is 0 Å². The number of ketones is 1. The smallest absolute Gasteiger partial charge is 0.330 e. The van der Waals surface area contributed by atoms with Gasteiger partial charge in [0, 0.05) is 17.9 Å². The monoisotopic (exact) mass is 316 g/mol. The van der Waals surface area contributed by atoms with E-state index in [4.69, 9.17) is 4.74 Å². The molecule has 1 N–H and O–H groups in total. The second kappa shape index (κ2) is 4.79. The second-order valence-corrected chi connectivity index (χ2v) is 8.18. The van der Waals surface area contributed by atoms with E-state index in [1.54, 1.807) is 6.08 Å². The Morgan fingerprint density at radius 1 is 1.22 bits per heavy atom. The quantitative estimate of drug-likeness (QED) is 0.698. The van der Waals surface area contributed by atoms with Crippen LogP contribution in [0.4, 0.5) is 0 Å². The van der Waals surface area contributed by atoms with Crippen molar-refractivity contribution >= 4 is 11.8 Å². The number of allylic oxidation sites excluding steroid dienone is 1. The number of carbonyl (C=O) groups excluding carboxylic acids is 2. The van der Waals surface area contributed by atoms with Gasteiger partial charge in [0.2, 0.25) is 0 Å². The van der Waals surface area contributed by atoms with Crippen LogP contribution in [0.2, 0.25) is 0 Å². The molecule has 0 unspecified atom stereocenters. The first-order valence-electron chi connectivity index (χ1n) is 8.68. The first-order valence-corrected chi connectivity index (χ1v) is 8.68. The Labute approximate surface area is 136 Å². The van der Waals surface area contributed by atoms with Crippen molar-refractivity contribution in [3.63, 3.8) is 0 Å². The zero-order valence-electron chi connectivity index (χ0n) is 13.7. The molecule has 3 aliphatic carbocycles. The summed E-state index contributed by atoms with van der Waals surface area (Å²) in [5.74, 6) is -0.0131. The minimum atomic E-state index is -0.557. The maximum Gasteiger partial charge on any atom is 0.330 e. The number of hydrogen-bond acceptors (Lipinski definition) is 4. The zero-order valence-corrected chi connectivity index (χ0v) is 13.7. The number of fused-ring (bicyclic) bond motifs is 5. The van der Waals surface area contributed by atoms with Gasteiger partial charge in [0.05, 0.1) is 6.10 Å². The summed E-state index contributed by atoms with van der Waals surface area (Å²) in [6, 6.07) is 0. The Hall–Kier alpha value is -1.42. The fourth-order valence-electron chi connectivity index (χ4n) is 5.53. The van der Waals surface area contributed by atoms with Gasteiger partial charge in [0.15, 0.2) is 5.78 Å². The molecule has 2 fully saturated rings. The molecular formula is C19H24O4. The Kier molecular flexibility index (Phi) is 3.15. The van der Waals surface area contributed by atoms with Crippen molar-refractivity contribution in [3.05, 3.63) is 23.8 Å². The lowest BCUT2D eigenvalue weighted by molar-refractivity contribution is -0.174. The maximum atomic E-state index is 12.9. The molecule has 124 valence electrons. The number of esters is 1. The van der Waals surface area contributed by atoms with Crippen LogP contribution in [0, 0.1) is 23.2 Å². The standard InChI is InChI=1S/C19H24O4/c1-18-7-5-12(20)9-11(18)10-15(21)17-13(18)6-8-19(2)14(17)3-4-16(22)23-19/h3-4,10,12-14,17,20H,5-9H2,1-2H3/t12-,13-,14+,17+,18-,19-/m0/s1. The van der Waals surface area contributed by atoms with Crippen molar-refractivity contribution in [2.45, 2.75) is 57.7 Å². The van der Waals surface area contributed by atoms with Crippen molar-refractivity contribution in [1.82, 2.24) is 0 Å². The summed E-state index contributed by atoms with van der Waals surface area (Å²) >= 11 is 0. The van der Waals surface area contributed by atoms with E-state index in [2.05, 4.69) is 6.92 Å². The summed E-state index contributed by atoms with van der Waals surface area (Å²) in [7, 11) is 0. The van der Waals surface area contributed by atoms with Crippen LogP contribution in [0.1, 0.15) is 46.0 Å². The lowest BCUT2D eigenvalue weighted by Crippen LogP contribution is -2.57. The minimum absolute atomic E-state index is 0.00552. The van der Waals surface area contributed by atoms with Crippen molar-refractivity contribution < 1.29 is 19.4 Å². The molecule has 1 aliphatic heterocycles. The molecule has 23 heavy (non-hydrogen) atoms. The van der Waals surface area contributed by atoms with Gasteiger partial charge in [-0.1, -0.05) is 18.6 Å². The molecule has 1 heterocycles. The fourth-order valence-corrected chi connectivity index (χ4v) is 5.53. The van der Waals surface area contributed by atoms with Crippen LogP contribution in [-0.4, -0.2) is 28.6 Å². The number of hydrogen-bond donors (Lipinski definition) is 1. The Morgan fingerprint density at radius 2 is 2.00 bits per heavy atom. The molecule has 4 aliphatic rings. The predicted octanol–water partition coefficient (Wildman–Crippen LogP) is 2.56. The average Bonchev–Trinajstić information content (AvgIpc) is 2.48. The molecule has 4 rings (SSSR count). The molecule has 0 saturated heterocycles. The normalized spacial score (nSPS) is 48.7. The van der Waals surface area contributed by atoms with Crippen molar-refractivity contribution in [2.75, 3.05) is 0 Å². The molecule has 2 saturated carbocycles. The van der Waals surface area contributed by atoms with Crippen LogP contribution in [0.3, 0.4) is 0 Å². The number of rotatable bonds is 0. The molecule has 0 aromatic carbocycles. The molecule has 0 aromatic rings. The van der Waals surface area contributed by atoms with Crippen LogP contribution < -0.4 is 0 Å². The Bertz CT molecular complexity index is 633. The SMILES string of the molecule is C[C@]12CC[C@H](O)CC1=CC(=O)[C@H]1[C@H]3C=CC(=O)O[C@@]3(C)CC[C@@H]12. The molecule has 0 aromatic heterocycles. The molecule has 0 amide bonds. The van der Waals surface area contributed by atoms with E-state index in [0.29, 0.717) is 6.42 Å². The van der Waals surface area contributed by atoms with Gasteiger partial charge in [0.25, 0.3) is 0 Å². The van der Waals surface area contributed by atoms with Crippen molar-refractivity contribution in [3.8, 4) is 0 Å². The highest BCUT2D eigenvalue weighted by Crippen LogP contribution is 2.59. The van der Waals surface area contributed by atoms with Crippen LogP contribution in [0.15, 0.2) is 23.8 Å². The number of aliphatic hydroxyl groups is 1. The van der Waals surface area contributed by atoms with Gasteiger partial charge in [-0.3, -0.25) is 4.79 Å². The third-order valence-electron chi connectivity index (χ3n) is 6.90. The first kappa shape index (κ1) is 15.1. The zero-order chi connectivity index (χ0) is 16.4. The van der Waals surface area contributed by atoms with E-state index in [1.165, 1.54) is 6.08 Å². The largest absolute Gasteiger partial charge is 0.456 e. The van der Waals surface area contributed by atoms with E-state index >= 15 is 0 Å². The fraction of sp³-hybridized carbons (Fsp3) is 0.684. The summed E-state index contributed by atoms with van der Waals surface area (Å²) < 4.78 is 5.62. The molecular weight excluding hydrogens is 292 g/mol. The van der Waals surface area contributed by atoms with Gasteiger partial charge in [-0.15, -0.1) is 0 Å². The summed E-state index contributed by atoms with van der Waals surface area (Å²) in [6.07, 6.45) is 8.91. The van der Waals surface area contributed by atoms with Crippen molar-refractivity contribution in [1.29, 1.82) is 0 Å². The first-order chi connectivity index (χ1) is 10.8. The number of ether oxygens (including phenoxy) is 1. The maximum absolute atomic E-state index is 12.9.